The summed E-state index contributed by atoms with van der Waals surface area (Å²) in [4.78, 5) is 0. The number of sulfonamides is 1. The second kappa shape index (κ2) is 3.29. The summed E-state index contributed by atoms with van der Waals surface area (Å²) in [5.41, 5.74) is 0. The van der Waals surface area contributed by atoms with Crippen LogP contribution in [0.1, 0.15) is 19.8 Å². The standard InChI is InChI=1S/C6H12ClNO2S/c1-5(7)4-8-11(9,10)6-2-3-6/h5-6,8H,2-4H2,1H3. The van der Waals surface area contributed by atoms with Crippen molar-refractivity contribution >= 4 is 21.6 Å². The molecule has 0 aromatic heterocycles. The van der Waals surface area contributed by atoms with Crippen LogP contribution < -0.4 is 4.72 Å². The van der Waals surface area contributed by atoms with Crippen molar-refractivity contribution in [3.63, 3.8) is 0 Å². The zero-order valence-corrected chi connectivity index (χ0v) is 7.95. The van der Waals surface area contributed by atoms with E-state index in [4.69, 9.17) is 11.6 Å². The van der Waals surface area contributed by atoms with Crippen LogP contribution in [0.4, 0.5) is 0 Å². The van der Waals surface area contributed by atoms with Crippen LogP contribution in [0.2, 0.25) is 0 Å². The van der Waals surface area contributed by atoms with Crippen LogP contribution in [0.3, 0.4) is 0 Å². The third kappa shape index (κ3) is 2.97. The van der Waals surface area contributed by atoms with E-state index in [2.05, 4.69) is 4.72 Å². The molecule has 1 fully saturated rings. The van der Waals surface area contributed by atoms with Crippen LogP contribution in [0.5, 0.6) is 0 Å². The predicted octanol–water partition coefficient (Wildman–Crippen LogP) is 0.696. The van der Waals surface area contributed by atoms with Crippen LogP contribution in [-0.2, 0) is 10.0 Å². The van der Waals surface area contributed by atoms with Crippen LogP contribution in [0.15, 0.2) is 0 Å². The summed E-state index contributed by atoms with van der Waals surface area (Å²) < 4.78 is 24.7. The van der Waals surface area contributed by atoms with Crippen LogP contribution in [0, 0.1) is 0 Å². The lowest BCUT2D eigenvalue weighted by atomic mass is 10.5. The highest BCUT2D eigenvalue weighted by Gasteiger charge is 2.35. The molecule has 1 atom stereocenters. The molecule has 1 N–H and O–H groups in total. The summed E-state index contributed by atoms with van der Waals surface area (Å²) in [6.07, 6.45) is 1.60. The lowest BCUT2D eigenvalue weighted by molar-refractivity contribution is 0.580. The van der Waals surface area contributed by atoms with E-state index in [0.717, 1.165) is 12.8 Å². The molecule has 1 saturated carbocycles. The maximum absolute atomic E-state index is 11.1. The quantitative estimate of drug-likeness (QED) is 0.675. The first-order valence-electron chi connectivity index (χ1n) is 3.65. The summed E-state index contributed by atoms with van der Waals surface area (Å²) in [6.45, 7) is 2.09. The van der Waals surface area contributed by atoms with Crippen molar-refractivity contribution in [3.8, 4) is 0 Å². The molecule has 1 unspecified atom stereocenters. The largest absolute Gasteiger partial charge is 0.214 e. The third-order valence-electron chi connectivity index (χ3n) is 1.53. The molecule has 0 aromatic rings. The van der Waals surface area contributed by atoms with Gasteiger partial charge in [0.1, 0.15) is 0 Å². The van der Waals surface area contributed by atoms with E-state index in [1.54, 1.807) is 6.92 Å². The van der Waals surface area contributed by atoms with E-state index < -0.39 is 10.0 Å². The normalized spacial score (nSPS) is 21.6. The summed E-state index contributed by atoms with van der Waals surface area (Å²) in [6, 6.07) is 0. The van der Waals surface area contributed by atoms with E-state index in [0.29, 0.717) is 6.54 Å². The summed E-state index contributed by atoms with van der Waals surface area (Å²) in [5, 5.41) is -0.276. The number of alkyl halides is 1. The zero-order valence-electron chi connectivity index (χ0n) is 6.38. The zero-order chi connectivity index (χ0) is 8.48. The Bertz CT molecular complexity index is 221. The van der Waals surface area contributed by atoms with Gasteiger partial charge in [-0.05, 0) is 19.8 Å². The van der Waals surface area contributed by atoms with Crippen LogP contribution >= 0.6 is 11.6 Å². The second-order valence-corrected chi connectivity index (χ2v) is 5.66. The highest BCUT2D eigenvalue weighted by molar-refractivity contribution is 7.90. The Kier molecular flexibility index (Phi) is 2.78. The minimum atomic E-state index is -3.02. The van der Waals surface area contributed by atoms with Gasteiger partial charge in [-0.15, -0.1) is 11.6 Å². The number of rotatable bonds is 4. The predicted molar refractivity (Wildman–Crippen MR) is 45.3 cm³/mol. The molecule has 3 nitrogen and oxygen atoms in total. The van der Waals surface area contributed by atoms with Gasteiger partial charge in [0.15, 0.2) is 0 Å². The van der Waals surface area contributed by atoms with Crippen molar-refractivity contribution in [2.75, 3.05) is 6.54 Å². The third-order valence-corrected chi connectivity index (χ3v) is 3.60. The first-order valence-corrected chi connectivity index (χ1v) is 5.63. The molecule has 0 bridgehead atoms. The Morgan fingerprint density at radius 2 is 2.18 bits per heavy atom. The average molecular weight is 198 g/mol. The smallest absolute Gasteiger partial charge is 0.214 e. The van der Waals surface area contributed by atoms with Gasteiger partial charge in [0, 0.05) is 11.9 Å². The lowest BCUT2D eigenvalue weighted by Crippen LogP contribution is -2.31. The molecule has 66 valence electrons. The molecule has 0 radical (unpaired) electrons. The number of hydrogen-bond acceptors (Lipinski definition) is 2. The van der Waals surface area contributed by atoms with Gasteiger partial charge < -0.3 is 0 Å². The number of hydrogen-bond donors (Lipinski definition) is 1. The molecule has 11 heavy (non-hydrogen) atoms. The van der Waals surface area contributed by atoms with Crippen molar-refractivity contribution in [3.05, 3.63) is 0 Å². The highest BCUT2D eigenvalue weighted by Crippen LogP contribution is 2.27. The van der Waals surface area contributed by atoms with Gasteiger partial charge in [0.25, 0.3) is 0 Å². The van der Waals surface area contributed by atoms with Crippen LogP contribution in [-0.4, -0.2) is 25.6 Å². The Balaban J connectivity index is 2.35. The molecule has 1 rings (SSSR count). The number of nitrogens with one attached hydrogen (secondary N) is 1. The topological polar surface area (TPSA) is 46.2 Å². The summed E-state index contributed by atoms with van der Waals surface area (Å²) in [5.74, 6) is 0. The fourth-order valence-electron chi connectivity index (χ4n) is 0.727. The average Bonchev–Trinajstić information content (AvgIpc) is 2.64. The van der Waals surface area contributed by atoms with Gasteiger partial charge in [-0.3, -0.25) is 0 Å². The Morgan fingerprint density at radius 1 is 1.64 bits per heavy atom. The van der Waals surface area contributed by atoms with Crippen molar-refractivity contribution in [1.82, 2.24) is 4.72 Å². The molecular formula is C6H12ClNO2S. The van der Waals surface area contributed by atoms with Gasteiger partial charge in [-0.25, -0.2) is 13.1 Å². The molecule has 0 aliphatic heterocycles. The Hall–Kier alpha value is 0.200. The molecule has 0 heterocycles. The highest BCUT2D eigenvalue weighted by atomic mass is 35.5. The van der Waals surface area contributed by atoms with Crippen molar-refractivity contribution < 1.29 is 8.42 Å². The Morgan fingerprint density at radius 3 is 2.55 bits per heavy atom. The minimum absolute atomic E-state index is 0.136. The van der Waals surface area contributed by atoms with Crippen molar-refractivity contribution in [1.29, 1.82) is 0 Å². The molecule has 0 aromatic carbocycles. The monoisotopic (exact) mass is 197 g/mol. The fourth-order valence-corrected chi connectivity index (χ4v) is 2.37. The fraction of sp³-hybridized carbons (Fsp3) is 1.00. The minimum Gasteiger partial charge on any atom is -0.214 e. The summed E-state index contributed by atoms with van der Waals surface area (Å²) in [7, 11) is -3.02. The first kappa shape index (κ1) is 9.29. The molecule has 0 spiro atoms. The van der Waals surface area contributed by atoms with E-state index in [9.17, 15) is 8.42 Å². The molecule has 1 aliphatic carbocycles. The molecule has 0 amide bonds. The SMILES string of the molecule is CC(Cl)CNS(=O)(=O)C1CC1. The van der Waals surface area contributed by atoms with Gasteiger partial charge in [-0.2, -0.15) is 0 Å². The van der Waals surface area contributed by atoms with Gasteiger partial charge in [0.2, 0.25) is 10.0 Å². The maximum Gasteiger partial charge on any atom is 0.214 e. The van der Waals surface area contributed by atoms with Crippen molar-refractivity contribution in [2.45, 2.75) is 30.4 Å². The van der Waals surface area contributed by atoms with Gasteiger partial charge in [-0.1, -0.05) is 0 Å². The number of halogens is 1. The maximum atomic E-state index is 11.1. The van der Waals surface area contributed by atoms with E-state index in [1.807, 2.05) is 0 Å². The van der Waals surface area contributed by atoms with E-state index >= 15 is 0 Å². The van der Waals surface area contributed by atoms with Gasteiger partial charge in [0.05, 0.1) is 5.25 Å². The van der Waals surface area contributed by atoms with Crippen molar-refractivity contribution in [2.24, 2.45) is 0 Å². The molecular weight excluding hydrogens is 186 g/mol. The van der Waals surface area contributed by atoms with E-state index in [1.165, 1.54) is 0 Å². The molecule has 5 heteroatoms. The molecule has 1 aliphatic rings. The van der Waals surface area contributed by atoms with Gasteiger partial charge >= 0.3 is 0 Å². The second-order valence-electron chi connectivity index (χ2n) is 2.87. The molecule has 0 saturated heterocycles. The summed E-state index contributed by atoms with van der Waals surface area (Å²) >= 11 is 5.58. The Labute approximate surface area is 72.2 Å². The lowest BCUT2D eigenvalue weighted by Gasteiger charge is -2.05. The van der Waals surface area contributed by atoms with Crippen LogP contribution in [0.25, 0.3) is 0 Å². The first-order chi connectivity index (χ1) is 5.02. The van der Waals surface area contributed by atoms with E-state index in [-0.39, 0.29) is 10.6 Å².